The number of ether oxygens (including phenoxy) is 3. The maximum absolute atomic E-state index is 13.2. The Morgan fingerprint density at radius 3 is 2.09 bits per heavy atom. The predicted molar refractivity (Wildman–Crippen MR) is 128 cm³/mol. The highest BCUT2D eigenvalue weighted by Crippen LogP contribution is 2.38. The lowest BCUT2D eigenvalue weighted by Crippen LogP contribution is -2.31. The van der Waals surface area contributed by atoms with Crippen molar-refractivity contribution in [1.29, 1.82) is 0 Å². The lowest BCUT2D eigenvalue weighted by molar-refractivity contribution is 0.0781. The third-order valence-corrected chi connectivity index (χ3v) is 6.27. The molecule has 0 bridgehead atoms. The van der Waals surface area contributed by atoms with Gasteiger partial charge < -0.3 is 19.1 Å². The van der Waals surface area contributed by atoms with Crippen molar-refractivity contribution in [3.05, 3.63) is 51.5 Å². The molecule has 1 amide bonds. The fourth-order valence-corrected chi connectivity index (χ4v) is 4.02. The van der Waals surface area contributed by atoms with Crippen molar-refractivity contribution in [3.8, 4) is 17.2 Å². The van der Waals surface area contributed by atoms with E-state index in [2.05, 4.69) is 0 Å². The molecule has 0 spiro atoms. The summed E-state index contributed by atoms with van der Waals surface area (Å²) in [4.78, 5) is 14.7. The van der Waals surface area contributed by atoms with Crippen LogP contribution in [0.2, 0.25) is 10.0 Å². The van der Waals surface area contributed by atoms with Crippen LogP contribution in [0.25, 0.3) is 0 Å². The molecule has 0 heterocycles. The van der Waals surface area contributed by atoms with Gasteiger partial charge in [0.15, 0.2) is 11.5 Å². The molecule has 0 N–H and O–H groups in total. The first-order valence-electron chi connectivity index (χ1n) is 9.85. The van der Waals surface area contributed by atoms with Crippen LogP contribution in [0.4, 0.5) is 0 Å². The van der Waals surface area contributed by atoms with Crippen LogP contribution in [0.15, 0.2) is 30.3 Å². The molecule has 2 aromatic carbocycles. The molecule has 0 aromatic heterocycles. The molecule has 0 aliphatic heterocycles. The van der Waals surface area contributed by atoms with E-state index in [1.54, 1.807) is 37.4 Å². The maximum atomic E-state index is 13.2. The summed E-state index contributed by atoms with van der Waals surface area (Å²) in [6.45, 7) is 0.219. The number of hydrogen-bond acceptors (Lipinski definition) is 7. The number of likely N-dealkylation sites (N-methyl/N-ethyl adjacent to an activating group) is 1. The monoisotopic (exact) mass is 519 g/mol. The van der Waals surface area contributed by atoms with Crippen LogP contribution in [0.1, 0.15) is 28.3 Å². The molecule has 0 radical (unpaired) electrons. The number of nitrogens with zero attached hydrogens (tertiary/aromatic N) is 1. The first-order chi connectivity index (χ1) is 15.5. The summed E-state index contributed by atoms with van der Waals surface area (Å²) >= 11 is 12.2. The van der Waals surface area contributed by atoms with Crippen molar-refractivity contribution in [2.45, 2.75) is 12.3 Å². The van der Waals surface area contributed by atoms with Crippen molar-refractivity contribution in [2.75, 3.05) is 47.8 Å². The van der Waals surface area contributed by atoms with Gasteiger partial charge in [0, 0.05) is 25.1 Å². The van der Waals surface area contributed by atoms with E-state index in [-0.39, 0.29) is 25.0 Å². The van der Waals surface area contributed by atoms with Gasteiger partial charge in [-0.05, 0) is 36.2 Å². The number of halogens is 2. The third kappa shape index (κ3) is 7.40. The van der Waals surface area contributed by atoms with Gasteiger partial charge in [0.2, 0.25) is 5.75 Å². The number of benzene rings is 2. The summed E-state index contributed by atoms with van der Waals surface area (Å²) in [5.74, 6) is 0.541. The average molecular weight is 520 g/mol. The van der Waals surface area contributed by atoms with E-state index in [0.717, 1.165) is 11.8 Å². The molecule has 0 saturated carbocycles. The van der Waals surface area contributed by atoms with E-state index in [1.807, 2.05) is 0 Å². The standard InChI is InChI=1S/C22H27Cl2NO7S/c1-25(22(26)16-11-19(29-2)21(31-4)20(12-16)30-3)13-15(8-9-32-33(5,27)28)14-6-7-17(23)18(24)10-14/h6-7,10-12,15H,8-9,13H2,1-5H3. The molecule has 8 nitrogen and oxygen atoms in total. The third-order valence-electron chi connectivity index (χ3n) is 4.93. The van der Waals surface area contributed by atoms with Crippen LogP contribution >= 0.6 is 23.2 Å². The zero-order valence-corrected chi connectivity index (χ0v) is 21.4. The summed E-state index contributed by atoms with van der Waals surface area (Å²) < 4.78 is 43.6. The highest BCUT2D eigenvalue weighted by atomic mass is 35.5. The average Bonchev–Trinajstić information content (AvgIpc) is 2.77. The van der Waals surface area contributed by atoms with Gasteiger partial charge in [-0.25, -0.2) is 0 Å². The number of carbonyl (C=O) groups is 1. The molecule has 0 aliphatic carbocycles. The van der Waals surface area contributed by atoms with Crippen molar-refractivity contribution in [3.63, 3.8) is 0 Å². The first-order valence-corrected chi connectivity index (χ1v) is 12.4. The summed E-state index contributed by atoms with van der Waals surface area (Å²) in [5.41, 5.74) is 1.14. The number of hydrogen-bond donors (Lipinski definition) is 0. The van der Waals surface area contributed by atoms with E-state index in [4.69, 9.17) is 41.6 Å². The summed E-state index contributed by atoms with van der Waals surface area (Å²) in [6.07, 6.45) is 1.32. The minimum atomic E-state index is -3.59. The second-order valence-electron chi connectivity index (χ2n) is 7.28. The Morgan fingerprint density at radius 2 is 1.61 bits per heavy atom. The fraction of sp³-hybridized carbons (Fsp3) is 0.409. The molecule has 11 heteroatoms. The van der Waals surface area contributed by atoms with E-state index in [9.17, 15) is 13.2 Å². The quantitative estimate of drug-likeness (QED) is 0.410. The van der Waals surface area contributed by atoms with E-state index in [1.165, 1.54) is 26.2 Å². The largest absolute Gasteiger partial charge is 0.493 e. The smallest absolute Gasteiger partial charge is 0.264 e. The lowest BCUT2D eigenvalue weighted by atomic mass is 9.95. The highest BCUT2D eigenvalue weighted by molar-refractivity contribution is 7.85. The Kier molecular flexibility index (Phi) is 9.66. The summed E-state index contributed by atoms with van der Waals surface area (Å²) in [6, 6.07) is 8.29. The number of carbonyl (C=O) groups excluding carboxylic acids is 1. The maximum Gasteiger partial charge on any atom is 0.264 e. The van der Waals surface area contributed by atoms with E-state index >= 15 is 0 Å². The summed E-state index contributed by atoms with van der Waals surface area (Å²) in [7, 11) is 2.47. The molecule has 1 unspecified atom stereocenters. The van der Waals surface area contributed by atoms with Gasteiger partial charge >= 0.3 is 0 Å². The Morgan fingerprint density at radius 1 is 1.00 bits per heavy atom. The van der Waals surface area contributed by atoms with Gasteiger partial charge in [0.25, 0.3) is 16.0 Å². The second kappa shape index (κ2) is 11.8. The minimum Gasteiger partial charge on any atom is -0.493 e. The van der Waals surface area contributed by atoms with Crippen LogP contribution in [-0.2, 0) is 14.3 Å². The molecule has 33 heavy (non-hydrogen) atoms. The Labute approximate surface area is 204 Å². The van der Waals surface area contributed by atoms with Crippen molar-refractivity contribution in [2.24, 2.45) is 0 Å². The van der Waals surface area contributed by atoms with Crippen LogP contribution < -0.4 is 14.2 Å². The molecule has 182 valence electrons. The lowest BCUT2D eigenvalue weighted by Gasteiger charge is -2.25. The van der Waals surface area contributed by atoms with Gasteiger partial charge in [-0.2, -0.15) is 8.42 Å². The Hall–Kier alpha value is -2.20. The van der Waals surface area contributed by atoms with Gasteiger partial charge in [-0.15, -0.1) is 0 Å². The number of amides is 1. The van der Waals surface area contributed by atoms with Crippen molar-refractivity contribution >= 4 is 39.2 Å². The van der Waals surface area contributed by atoms with Gasteiger partial charge in [-0.1, -0.05) is 29.3 Å². The molecule has 0 fully saturated rings. The van der Waals surface area contributed by atoms with Gasteiger partial charge in [0.05, 0.1) is 44.2 Å². The zero-order valence-electron chi connectivity index (χ0n) is 19.1. The van der Waals surface area contributed by atoms with Crippen LogP contribution in [0, 0.1) is 0 Å². The topological polar surface area (TPSA) is 91.4 Å². The Bertz CT molecular complexity index is 1070. The van der Waals surface area contributed by atoms with Crippen LogP contribution in [0.3, 0.4) is 0 Å². The minimum absolute atomic E-state index is 0.0457. The predicted octanol–water partition coefficient (Wildman–Crippen LogP) is 4.24. The molecular weight excluding hydrogens is 493 g/mol. The Balaban J connectivity index is 2.31. The van der Waals surface area contributed by atoms with Crippen molar-refractivity contribution < 1.29 is 31.6 Å². The highest BCUT2D eigenvalue weighted by Gasteiger charge is 2.23. The van der Waals surface area contributed by atoms with Crippen LogP contribution in [-0.4, -0.2) is 67.0 Å². The van der Waals surface area contributed by atoms with Crippen molar-refractivity contribution in [1.82, 2.24) is 4.90 Å². The zero-order chi connectivity index (χ0) is 24.8. The van der Waals surface area contributed by atoms with Crippen LogP contribution in [0.5, 0.6) is 17.2 Å². The fourth-order valence-electron chi connectivity index (χ4n) is 3.31. The molecule has 2 rings (SSSR count). The molecule has 0 aliphatic rings. The summed E-state index contributed by atoms with van der Waals surface area (Å²) in [5, 5.41) is 0.759. The first kappa shape index (κ1) is 27.0. The van der Waals surface area contributed by atoms with E-state index < -0.39 is 10.1 Å². The molecule has 0 saturated heterocycles. The SMILES string of the molecule is COc1cc(C(=O)N(C)CC(CCOS(C)(=O)=O)c2ccc(Cl)c(Cl)c2)cc(OC)c1OC. The molecular formula is C22H27Cl2NO7S. The van der Waals surface area contributed by atoms with Gasteiger partial charge in [0.1, 0.15) is 0 Å². The number of methoxy groups -OCH3 is 3. The molecule has 1 atom stereocenters. The second-order valence-corrected chi connectivity index (χ2v) is 9.74. The van der Waals surface area contributed by atoms with Gasteiger partial charge in [-0.3, -0.25) is 8.98 Å². The number of rotatable bonds is 11. The van der Waals surface area contributed by atoms with E-state index in [0.29, 0.717) is 39.3 Å². The normalized spacial score (nSPS) is 12.2. The molecule has 2 aromatic rings.